The minimum Gasteiger partial charge on any atom is -0.487 e. The van der Waals surface area contributed by atoms with Crippen molar-refractivity contribution in [1.29, 1.82) is 0 Å². The van der Waals surface area contributed by atoms with Crippen molar-refractivity contribution < 1.29 is 23.9 Å². The van der Waals surface area contributed by atoms with Crippen LogP contribution in [0.25, 0.3) is 16.8 Å². The van der Waals surface area contributed by atoms with E-state index in [9.17, 15) is 14.4 Å². The fourth-order valence-corrected chi connectivity index (χ4v) is 6.65. The van der Waals surface area contributed by atoms with Crippen molar-refractivity contribution in [1.82, 2.24) is 4.90 Å². The molecule has 4 rings (SSSR count). The molecule has 1 fully saturated rings. The van der Waals surface area contributed by atoms with Gasteiger partial charge >= 0.3 is 5.97 Å². The smallest absolute Gasteiger partial charge is 0.328 e. The van der Waals surface area contributed by atoms with E-state index in [-0.39, 0.29) is 4.91 Å². The first-order chi connectivity index (χ1) is 16.3. The molecule has 0 bridgehead atoms. The van der Waals surface area contributed by atoms with Crippen LogP contribution in [0, 0.1) is 7.14 Å². The first-order valence-corrected chi connectivity index (χ1v) is 13.2. The molecule has 3 aromatic carbocycles. The minimum atomic E-state index is -0.978. The van der Waals surface area contributed by atoms with E-state index in [0.717, 1.165) is 46.1 Å². The van der Waals surface area contributed by atoms with Crippen LogP contribution in [-0.2, 0) is 20.9 Å². The quantitative estimate of drug-likeness (QED) is 0.173. The number of carbonyl (C=O) groups excluding carboxylic acids is 3. The minimum absolute atomic E-state index is 0.261. The zero-order valence-corrected chi connectivity index (χ0v) is 23.3. The van der Waals surface area contributed by atoms with Crippen molar-refractivity contribution in [3.05, 3.63) is 77.8 Å². The van der Waals surface area contributed by atoms with Crippen LogP contribution in [0.15, 0.2) is 59.5 Å². The number of carbonyl (C=O) groups is 3. The Morgan fingerprint density at radius 2 is 1.76 bits per heavy atom. The molecule has 174 valence electrons. The molecule has 34 heavy (non-hydrogen) atoms. The number of amides is 2. The Kier molecular flexibility index (Phi) is 7.83. The second kappa shape index (κ2) is 10.6. The van der Waals surface area contributed by atoms with Crippen molar-refractivity contribution in [3.63, 3.8) is 0 Å². The number of esters is 1. The van der Waals surface area contributed by atoms with Crippen molar-refractivity contribution >= 4 is 90.9 Å². The van der Waals surface area contributed by atoms with Crippen LogP contribution in [0.3, 0.4) is 0 Å². The molecule has 0 unspecified atom stereocenters. The van der Waals surface area contributed by atoms with E-state index in [1.165, 1.54) is 19.4 Å². The number of methoxy groups -OCH3 is 1. The second-order valence-corrected chi connectivity index (χ2v) is 10.8. The van der Waals surface area contributed by atoms with Crippen LogP contribution < -0.4 is 4.74 Å². The molecule has 1 aliphatic rings. The molecule has 9 heteroatoms. The first kappa shape index (κ1) is 25.0. The maximum atomic E-state index is 12.8. The number of thioether (sulfide) groups is 1. The van der Waals surface area contributed by atoms with Gasteiger partial charge in [-0.25, -0.2) is 4.79 Å². The predicted molar refractivity (Wildman–Crippen MR) is 149 cm³/mol. The summed E-state index contributed by atoms with van der Waals surface area (Å²) in [4.78, 5) is 38.1. The van der Waals surface area contributed by atoms with Crippen LogP contribution in [-0.4, -0.2) is 35.2 Å². The molecule has 0 saturated carbocycles. The zero-order valence-electron chi connectivity index (χ0n) is 18.2. The lowest BCUT2D eigenvalue weighted by Gasteiger charge is -2.18. The summed E-state index contributed by atoms with van der Waals surface area (Å²) in [6.45, 7) is 1.90. The number of fused-ring (bicyclic) bond motifs is 1. The van der Waals surface area contributed by atoms with Crippen LogP contribution in [0.2, 0.25) is 0 Å². The van der Waals surface area contributed by atoms with Gasteiger partial charge in [0.25, 0.3) is 11.1 Å². The van der Waals surface area contributed by atoms with Gasteiger partial charge in [-0.3, -0.25) is 14.5 Å². The van der Waals surface area contributed by atoms with Crippen molar-refractivity contribution in [2.75, 3.05) is 7.11 Å². The number of nitrogens with zero attached hydrogens (tertiary/aromatic N) is 1. The summed E-state index contributed by atoms with van der Waals surface area (Å²) in [5.41, 5.74) is 1.87. The van der Waals surface area contributed by atoms with E-state index in [1.54, 1.807) is 6.08 Å². The number of ether oxygens (including phenoxy) is 2. The summed E-state index contributed by atoms with van der Waals surface area (Å²) in [6, 6.07) is 17.2. The molecule has 0 radical (unpaired) electrons. The predicted octanol–water partition coefficient (Wildman–Crippen LogP) is 6.23. The van der Waals surface area contributed by atoms with Crippen LogP contribution in [0.5, 0.6) is 5.75 Å². The molecule has 1 atom stereocenters. The van der Waals surface area contributed by atoms with Gasteiger partial charge < -0.3 is 9.47 Å². The Balaban J connectivity index is 1.55. The molecule has 1 saturated heterocycles. The molecule has 3 aromatic rings. The number of imide groups is 1. The lowest BCUT2D eigenvalue weighted by molar-refractivity contribution is -0.148. The monoisotopic (exact) mass is 699 g/mol. The lowest BCUT2D eigenvalue weighted by Crippen LogP contribution is -2.42. The standard InChI is InChI=1S/C25H19I2NO5S/c1-14(24(30)32-2)28-23(29)21(34-25(28)31)12-15-10-19(26)22(20(27)11-15)33-13-17-8-5-7-16-6-3-4-9-18(16)17/h3-12,14H,13H2,1-2H3/b21-12+/t14-/m0/s1. The molecule has 0 aromatic heterocycles. The first-order valence-electron chi connectivity index (χ1n) is 10.2. The number of halogens is 2. The maximum Gasteiger partial charge on any atom is 0.328 e. The van der Waals surface area contributed by atoms with Gasteiger partial charge in [0.05, 0.1) is 19.2 Å². The van der Waals surface area contributed by atoms with E-state index in [4.69, 9.17) is 4.74 Å². The van der Waals surface area contributed by atoms with Crippen LogP contribution >= 0.6 is 56.9 Å². The molecule has 0 N–H and O–H groups in total. The maximum absolute atomic E-state index is 12.8. The molecule has 1 aliphatic heterocycles. The van der Waals surface area contributed by atoms with Crippen molar-refractivity contribution in [3.8, 4) is 5.75 Å². The Hall–Kier alpha value is -2.12. The third-order valence-electron chi connectivity index (χ3n) is 5.32. The summed E-state index contributed by atoms with van der Waals surface area (Å²) in [5, 5.41) is 1.83. The Labute approximate surface area is 228 Å². The van der Waals surface area contributed by atoms with Gasteiger partial charge in [-0.2, -0.15) is 0 Å². The van der Waals surface area contributed by atoms with Gasteiger partial charge in [0, 0.05) is 0 Å². The van der Waals surface area contributed by atoms with E-state index in [1.807, 2.05) is 30.3 Å². The highest BCUT2D eigenvalue weighted by molar-refractivity contribution is 14.1. The molecule has 2 amide bonds. The highest BCUT2D eigenvalue weighted by Gasteiger charge is 2.41. The van der Waals surface area contributed by atoms with Gasteiger partial charge in [0.2, 0.25) is 0 Å². The third-order valence-corrected chi connectivity index (χ3v) is 7.81. The average Bonchev–Trinajstić information content (AvgIpc) is 3.10. The fraction of sp³-hybridized carbons (Fsp3) is 0.160. The van der Waals surface area contributed by atoms with Gasteiger partial charge in [0.1, 0.15) is 18.4 Å². The molecular weight excluding hydrogens is 680 g/mol. The third kappa shape index (κ3) is 5.10. The Morgan fingerprint density at radius 3 is 2.47 bits per heavy atom. The lowest BCUT2D eigenvalue weighted by atomic mass is 10.1. The molecule has 1 heterocycles. The fourth-order valence-electron chi connectivity index (χ4n) is 3.61. The van der Waals surface area contributed by atoms with E-state index in [0.29, 0.717) is 6.61 Å². The topological polar surface area (TPSA) is 72.9 Å². The Bertz CT molecular complexity index is 1310. The van der Waals surface area contributed by atoms with Crippen LogP contribution in [0.4, 0.5) is 4.79 Å². The highest BCUT2D eigenvalue weighted by atomic mass is 127. The number of hydrogen-bond donors (Lipinski definition) is 0. The van der Waals surface area contributed by atoms with Crippen molar-refractivity contribution in [2.24, 2.45) is 0 Å². The van der Waals surface area contributed by atoms with E-state index < -0.39 is 23.2 Å². The summed E-state index contributed by atoms with van der Waals surface area (Å²) >= 11 is 5.23. The normalized spacial score (nSPS) is 15.8. The van der Waals surface area contributed by atoms with Crippen molar-refractivity contribution in [2.45, 2.75) is 19.6 Å². The Morgan fingerprint density at radius 1 is 1.09 bits per heavy atom. The number of rotatable bonds is 6. The SMILES string of the molecule is COC(=O)[C@H](C)N1C(=O)S/C(=C/c2cc(I)c(OCc3cccc4ccccc34)c(I)c2)C1=O. The van der Waals surface area contributed by atoms with Gasteiger partial charge in [-0.05, 0) is 104 Å². The largest absolute Gasteiger partial charge is 0.487 e. The average molecular weight is 699 g/mol. The summed E-state index contributed by atoms with van der Waals surface area (Å²) < 4.78 is 12.6. The molecule has 0 spiro atoms. The molecule has 6 nitrogen and oxygen atoms in total. The summed E-state index contributed by atoms with van der Waals surface area (Å²) in [7, 11) is 1.22. The van der Waals surface area contributed by atoms with Gasteiger partial charge in [0.15, 0.2) is 0 Å². The van der Waals surface area contributed by atoms with Crippen LogP contribution in [0.1, 0.15) is 18.1 Å². The van der Waals surface area contributed by atoms with Gasteiger partial charge in [-0.1, -0.05) is 42.5 Å². The zero-order chi connectivity index (χ0) is 24.4. The number of benzene rings is 3. The highest BCUT2D eigenvalue weighted by Crippen LogP contribution is 2.36. The molecule has 0 aliphatic carbocycles. The molecular formula is C25H19I2NO5S. The second-order valence-electron chi connectivity index (χ2n) is 7.49. The number of hydrogen-bond acceptors (Lipinski definition) is 6. The van der Waals surface area contributed by atoms with Gasteiger partial charge in [-0.15, -0.1) is 0 Å². The van der Waals surface area contributed by atoms with E-state index in [2.05, 4.69) is 74.2 Å². The summed E-state index contributed by atoms with van der Waals surface area (Å²) in [6.07, 6.45) is 1.66. The summed E-state index contributed by atoms with van der Waals surface area (Å²) in [5.74, 6) is -0.381. The van der Waals surface area contributed by atoms with E-state index >= 15 is 0 Å².